The summed E-state index contributed by atoms with van der Waals surface area (Å²) in [7, 11) is 0.822. The third kappa shape index (κ3) is 2.30. The van der Waals surface area contributed by atoms with Crippen LogP contribution >= 0.6 is 0 Å². The fourth-order valence-corrected chi connectivity index (χ4v) is 5.49. The molecule has 0 radical (unpaired) electrons. The van der Waals surface area contributed by atoms with Crippen LogP contribution in [0.25, 0.3) is 0 Å². The lowest BCUT2D eigenvalue weighted by Gasteiger charge is -2.43. The number of nitrogens with zero attached hydrogens (tertiary/aromatic N) is 1. The zero-order chi connectivity index (χ0) is 13.5. The third-order valence-electron chi connectivity index (χ3n) is 4.29. The van der Waals surface area contributed by atoms with Crippen molar-refractivity contribution in [3.63, 3.8) is 0 Å². The first-order valence-corrected chi connectivity index (χ1v) is 8.02. The first kappa shape index (κ1) is 13.1. The Balaban J connectivity index is 1.88. The monoisotopic (exact) mass is 281 g/mol. The standard InChI is InChI=1S/C14H19NO3S/c1-18-10-5-6-13(15-9-10)14(16)7-11-3-2-4-12(8-14)19(11)17/h5-6,9,11-12,16H,2-4,7-8H2,1H3. The Bertz CT molecular complexity index is 472. The van der Waals surface area contributed by atoms with Gasteiger partial charge in [0, 0.05) is 21.3 Å². The molecule has 19 heavy (non-hydrogen) atoms. The summed E-state index contributed by atoms with van der Waals surface area (Å²) >= 11 is 0. The quantitative estimate of drug-likeness (QED) is 0.897. The summed E-state index contributed by atoms with van der Waals surface area (Å²) in [5, 5.41) is 11.1. The van der Waals surface area contributed by atoms with E-state index in [0.29, 0.717) is 24.3 Å². The lowest BCUT2D eigenvalue weighted by molar-refractivity contribution is 0.00243. The molecule has 0 aliphatic carbocycles. The van der Waals surface area contributed by atoms with Crippen molar-refractivity contribution < 1.29 is 14.1 Å². The minimum atomic E-state index is -0.921. The average Bonchev–Trinajstić information content (AvgIpc) is 2.41. The summed E-state index contributed by atoms with van der Waals surface area (Å²) in [6.45, 7) is 0. The van der Waals surface area contributed by atoms with Gasteiger partial charge in [-0.3, -0.25) is 9.19 Å². The number of pyridine rings is 1. The highest BCUT2D eigenvalue weighted by molar-refractivity contribution is 7.86. The first-order chi connectivity index (χ1) is 9.12. The molecule has 2 unspecified atom stereocenters. The molecule has 0 spiro atoms. The van der Waals surface area contributed by atoms with Crippen LogP contribution in [0.15, 0.2) is 18.3 Å². The maximum Gasteiger partial charge on any atom is 0.137 e. The highest BCUT2D eigenvalue weighted by Gasteiger charge is 2.47. The number of ether oxygens (including phenoxy) is 1. The Morgan fingerprint density at radius 1 is 1.37 bits per heavy atom. The Labute approximate surface area is 115 Å². The number of aromatic nitrogens is 1. The summed E-state index contributed by atoms with van der Waals surface area (Å²) in [6, 6.07) is 3.64. The van der Waals surface area contributed by atoms with Crippen molar-refractivity contribution in [2.75, 3.05) is 7.11 Å². The molecule has 3 rings (SSSR count). The average molecular weight is 281 g/mol. The number of methoxy groups -OCH3 is 1. The molecule has 4 nitrogen and oxygen atoms in total. The highest BCUT2D eigenvalue weighted by atomic mass is 32.2. The second-order valence-electron chi connectivity index (χ2n) is 5.53. The Morgan fingerprint density at radius 3 is 2.58 bits per heavy atom. The molecule has 2 aliphatic rings. The topological polar surface area (TPSA) is 59.4 Å². The summed E-state index contributed by atoms with van der Waals surface area (Å²) in [4.78, 5) is 4.32. The van der Waals surface area contributed by atoms with Gasteiger partial charge in [-0.15, -0.1) is 0 Å². The summed E-state index contributed by atoms with van der Waals surface area (Å²) in [6.07, 6.45) is 5.82. The molecular weight excluding hydrogens is 262 g/mol. The molecule has 0 amide bonds. The van der Waals surface area contributed by atoms with Gasteiger partial charge in [0.2, 0.25) is 0 Å². The number of hydrogen-bond donors (Lipinski definition) is 1. The number of rotatable bonds is 2. The van der Waals surface area contributed by atoms with Gasteiger partial charge in [-0.1, -0.05) is 6.42 Å². The Hall–Kier alpha value is -0.940. The van der Waals surface area contributed by atoms with Gasteiger partial charge in [-0.25, -0.2) is 0 Å². The first-order valence-electron chi connectivity index (χ1n) is 6.75. The minimum absolute atomic E-state index is 0.126. The minimum Gasteiger partial charge on any atom is -0.495 e. The van der Waals surface area contributed by atoms with E-state index >= 15 is 0 Å². The lowest BCUT2D eigenvalue weighted by Crippen LogP contribution is -2.47. The molecule has 0 saturated carbocycles. The largest absolute Gasteiger partial charge is 0.495 e. The van der Waals surface area contributed by atoms with E-state index in [0.717, 1.165) is 19.3 Å². The van der Waals surface area contributed by atoms with Crippen molar-refractivity contribution in [1.29, 1.82) is 0 Å². The van der Waals surface area contributed by atoms with Gasteiger partial charge in [-0.2, -0.15) is 0 Å². The molecule has 2 fully saturated rings. The molecule has 5 heteroatoms. The summed E-state index contributed by atoms with van der Waals surface area (Å²) in [5.41, 5.74) is -0.238. The molecule has 1 N–H and O–H groups in total. The predicted molar refractivity (Wildman–Crippen MR) is 73.5 cm³/mol. The summed E-state index contributed by atoms with van der Waals surface area (Å²) < 4.78 is 17.3. The molecule has 3 heterocycles. The number of fused-ring (bicyclic) bond motifs is 2. The van der Waals surface area contributed by atoms with Crippen LogP contribution in [0.4, 0.5) is 0 Å². The van der Waals surface area contributed by atoms with Crippen molar-refractivity contribution in [2.24, 2.45) is 0 Å². The van der Waals surface area contributed by atoms with Gasteiger partial charge in [0.15, 0.2) is 0 Å². The van der Waals surface area contributed by atoms with Crippen molar-refractivity contribution in [3.8, 4) is 5.75 Å². The van der Waals surface area contributed by atoms with Crippen LogP contribution in [-0.4, -0.2) is 31.9 Å². The molecule has 1 aromatic heterocycles. The zero-order valence-electron chi connectivity index (χ0n) is 11.0. The normalized spacial score (nSPS) is 37.9. The van der Waals surface area contributed by atoms with Crippen LogP contribution in [0.5, 0.6) is 5.75 Å². The molecule has 2 bridgehead atoms. The van der Waals surface area contributed by atoms with E-state index in [-0.39, 0.29) is 10.5 Å². The second kappa shape index (κ2) is 4.87. The molecule has 1 aromatic rings. The van der Waals surface area contributed by atoms with Crippen LogP contribution in [0.3, 0.4) is 0 Å². The molecular formula is C14H19NO3S. The molecule has 2 atom stereocenters. The van der Waals surface area contributed by atoms with Gasteiger partial charge >= 0.3 is 0 Å². The van der Waals surface area contributed by atoms with E-state index in [1.807, 2.05) is 12.1 Å². The van der Waals surface area contributed by atoms with E-state index in [1.54, 1.807) is 13.3 Å². The van der Waals surface area contributed by atoms with Crippen molar-refractivity contribution in [3.05, 3.63) is 24.0 Å². The van der Waals surface area contributed by atoms with Gasteiger partial charge in [0.25, 0.3) is 0 Å². The molecule has 0 aromatic carbocycles. The number of aliphatic hydroxyl groups is 1. The maximum atomic E-state index is 12.2. The SMILES string of the molecule is COc1ccc(C2(O)CC3CCCC(C2)S3=O)nc1. The van der Waals surface area contributed by atoms with E-state index in [4.69, 9.17) is 4.74 Å². The highest BCUT2D eigenvalue weighted by Crippen LogP contribution is 2.43. The van der Waals surface area contributed by atoms with Crippen LogP contribution in [0.2, 0.25) is 0 Å². The fraction of sp³-hybridized carbons (Fsp3) is 0.643. The van der Waals surface area contributed by atoms with Gasteiger partial charge in [0.05, 0.1) is 19.0 Å². The lowest BCUT2D eigenvalue weighted by atomic mass is 9.83. The fourth-order valence-electron chi connectivity index (χ4n) is 3.27. The predicted octanol–water partition coefficient (Wildman–Crippen LogP) is 1.74. The van der Waals surface area contributed by atoms with Crippen molar-refractivity contribution in [1.82, 2.24) is 4.98 Å². The van der Waals surface area contributed by atoms with Crippen molar-refractivity contribution >= 4 is 10.8 Å². The van der Waals surface area contributed by atoms with Crippen molar-refractivity contribution in [2.45, 2.75) is 48.2 Å². The van der Waals surface area contributed by atoms with Crippen LogP contribution in [0.1, 0.15) is 37.8 Å². The van der Waals surface area contributed by atoms with E-state index < -0.39 is 16.4 Å². The molecule has 2 saturated heterocycles. The molecule has 2 aliphatic heterocycles. The maximum absolute atomic E-state index is 12.2. The van der Waals surface area contributed by atoms with Gasteiger partial charge < -0.3 is 9.84 Å². The smallest absolute Gasteiger partial charge is 0.137 e. The van der Waals surface area contributed by atoms with E-state index in [2.05, 4.69) is 4.98 Å². The van der Waals surface area contributed by atoms with Crippen LogP contribution in [-0.2, 0) is 16.4 Å². The van der Waals surface area contributed by atoms with E-state index in [1.165, 1.54) is 0 Å². The molecule has 104 valence electrons. The Kier molecular flexibility index (Phi) is 3.35. The van der Waals surface area contributed by atoms with Crippen LogP contribution in [0, 0.1) is 0 Å². The summed E-state index contributed by atoms with van der Waals surface area (Å²) in [5.74, 6) is 0.687. The van der Waals surface area contributed by atoms with E-state index in [9.17, 15) is 9.32 Å². The third-order valence-corrected chi connectivity index (χ3v) is 6.41. The number of hydrogen-bond acceptors (Lipinski definition) is 4. The Morgan fingerprint density at radius 2 is 2.05 bits per heavy atom. The zero-order valence-corrected chi connectivity index (χ0v) is 11.9. The van der Waals surface area contributed by atoms with Crippen LogP contribution < -0.4 is 4.74 Å². The van der Waals surface area contributed by atoms with Gasteiger partial charge in [-0.05, 0) is 37.8 Å². The second-order valence-corrected chi connectivity index (χ2v) is 7.52. The van der Waals surface area contributed by atoms with Gasteiger partial charge in [0.1, 0.15) is 11.4 Å².